The number of hydrogen-bond donors (Lipinski definition) is 2. The van der Waals surface area contributed by atoms with E-state index in [1.165, 1.54) is 32.2 Å². The molecule has 8 heteroatoms. The fourth-order valence-electron chi connectivity index (χ4n) is 1.26. The second-order valence-corrected chi connectivity index (χ2v) is 5.41. The van der Waals surface area contributed by atoms with Gasteiger partial charge in [0.25, 0.3) is 0 Å². The van der Waals surface area contributed by atoms with Gasteiger partial charge in [-0.25, -0.2) is 13.2 Å². The first kappa shape index (κ1) is 15.1. The van der Waals surface area contributed by atoms with Crippen LogP contribution in [0.4, 0.5) is 0 Å². The van der Waals surface area contributed by atoms with Gasteiger partial charge in [-0.3, -0.25) is 4.79 Å². The summed E-state index contributed by atoms with van der Waals surface area (Å²) in [6.07, 6.45) is 0. The molecule has 104 valence electrons. The van der Waals surface area contributed by atoms with Gasteiger partial charge in [0.05, 0.1) is 17.6 Å². The number of rotatable bonds is 5. The molecule has 0 saturated heterocycles. The Morgan fingerprint density at radius 1 is 1.37 bits per heavy atom. The zero-order valence-electron chi connectivity index (χ0n) is 10.3. The number of esters is 1. The lowest BCUT2D eigenvalue weighted by atomic mass is 10.2. The third kappa shape index (κ3) is 3.76. The molecule has 2 N–H and O–H groups in total. The van der Waals surface area contributed by atoms with Crippen molar-refractivity contribution in [2.45, 2.75) is 17.9 Å². The van der Waals surface area contributed by atoms with Crippen LogP contribution >= 0.6 is 0 Å². The van der Waals surface area contributed by atoms with Crippen LogP contribution in [-0.4, -0.2) is 38.6 Å². The Morgan fingerprint density at radius 3 is 2.53 bits per heavy atom. The van der Waals surface area contributed by atoms with Crippen molar-refractivity contribution in [3.63, 3.8) is 0 Å². The number of methoxy groups -OCH3 is 1. The normalized spacial score (nSPS) is 12.7. The van der Waals surface area contributed by atoms with Crippen LogP contribution in [-0.2, 0) is 19.6 Å². The number of carboxylic acid groups (broad SMARTS) is 1. The second kappa shape index (κ2) is 5.81. The fourth-order valence-corrected chi connectivity index (χ4v) is 2.50. The summed E-state index contributed by atoms with van der Waals surface area (Å²) in [7, 11) is -2.83. The third-order valence-electron chi connectivity index (χ3n) is 2.27. The molecule has 1 aromatic rings. The summed E-state index contributed by atoms with van der Waals surface area (Å²) in [4.78, 5) is 21.7. The average Bonchev–Trinajstić information content (AvgIpc) is 2.37. The monoisotopic (exact) mass is 287 g/mol. The van der Waals surface area contributed by atoms with E-state index in [-0.39, 0.29) is 10.5 Å². The average molecular weight is 287 g/mol. The molecule has 0 aromatic heterocycles. The van der Waals surface area contributed by atoms with Gasteiger partial charge in [0.2, 0.25) is 10.0 Å². The van der Waals surface area contributed by atoms with Crippen LogP contribution in [0.25, 0.3) is 0 Å². The molecule has 0 amide bonds. The minimum absolute atomic E-state index is 0.0633. The lowest BCUT2D eigenvalue weighted by Gasteiger charge is -2.10. The fraction of sp³-hybridized carbons (Fsp3) is 0.273. The molecule has 0 unspecified atom stereocenters. The van der Waals surface area contributed by atoms with Crippen molar-refractivity contribution >= 4 is 22.0 Å². The maximum atomic E-state index is 11.9. The molecule has 0 radical (unpaired) electrons. The quantitative estimate of drug-likeness (QED) is 0.750. The van der Waals surface area contributed by atoms with Crippen LogP contribution in [0, 0.1) is 0 Å². The van der Waals surface area contributed by atoms with Crippen LogP contribution in [0.1, 0.15) is 17.3 Å². The van der Waals surface area contributed by atoms with Gasteiger partial charge < -0.3 is 9.84 Å². The van der Waals surface area contributed by atoms with E-state index in [1.807, 2.05) is 4.72 Å². The molecule has 0 aliphatic carbocycles. The van der Waals surface area contributed by atoms with E-state index in [0.29, 0.717) is 0 Å². The molecule has 7 nitrogen and oxygen atoms in total. The Hall–Kier alpha value is -1.93. The lowest BCUT2D eigenvalue weighted by molar-refractivity contribution is -0.138. The van der Waals surface area contributed by atoms with Gasteiger partial charge in [0.15, 0.2) is 0 Å². The number of hydrogen-bond acceptors (Lipinski definition) is 5. The van der Waals surface area contributed by atoms with Crippen LogP contribution < -0.4 is 4.72 Å². The van der Waals surface area contributed by atoms with Gasteiger partial charge in [-0.05, 0) is 25.1 Å². The van der Waals surface area contributed by atoms with E-state index in [2.05, 4.69) is 4.74 Å². The van der Waals surface area contributed by atoms with E-state index in [0.717, 1.165) is 6.07 Å². The van der Waals surface area contributed by atoms with Crippen LogP contribution in [0.15, 0.2) is 29.2 Å². The largest absolute Gasteiger partial charge is 0.480 e. The molecule has 0 saturated carbocycles. The summed E-state index contributed by atoms with van der Waals surface area (Å²) in [5.74, 6) is -1.98. The number of aliphatic carboxylic acids is 1. The number of carboxylic acids is 1. The van der Waals surface area contributed by atoms with E-state index >= 15 is 0 Å². The number of benzene rings is 1. The Bertz CT molecular complexity index is 595. The van der Waals surface area contributed by atoms with Crippen molar-refractivity contribution in [3.05, 3.63) is 29.8 Å². The zero-order chi connectivity index (χ0) is 14.6. The molecule has 0 spiro atoms. The van der Waals surface area contributed by atoms with E-state index < -0.39 is 28.0 Å². The molecule has 0 bridgehead atoms. The zero-order valence-corrected chi connectivity index (χ0v) is 11.1. The van der Waals surface area contributed by atoms with Crippen LogP contribution in [0.3, 0.4) is 0 Å². The van der Waals surface area contributed by atoms with E-state index in [4.69, 9.17) is 5.11 Å². The molecule has 0 aliphatic rings. The smallest absolute Gasteiger partial charge is 0.337 e. The molecule has 0 heterocycles. The Balaban J connectivity index is 3.08. The SMILES string of the molecule is COC(=O)c1cccc(S(=O)(=O)N[C@H](C)C(=O)O)c1. The maximum absolute atomic E-state index is 11.9. The summed E-state index contributed by atoms with van der Waals surface area (Å²) in [6, 6.07) is 3.86. The van der Waals surface area contributed by atoms with Crippen LogP contribution in [0.5, 0.6) is 0 Å². The highest BCUT2D eigenvalue weighted by Crippen LogP contribution is 2.12. The summed E-state index contributed by atoms with van der Waals surface area (Å²) >= 11 is 0. The minimum atomic E-state index is -4.01. The van der Waals surface area contributed by atoms with Gasteiger partial charge in [0.1, 0.15) is 6.04 Å². The molecule has 1 atom stereocenters. The van der Waals surface area contributed by atoms with Crippen molar-refractivity contribution in [1.29, 1.82) is 0 Å². The van der Waals surface area contributed by atoms with Gasteiger partial charge in [-0.2, -0.15) is 4.72 Å². The van der Waals surface area contributed by atoms with Gasteiger partial charge in [-0.1, -0.05) is 6.07 Å². The predicted molar refractivity (Wildman–Crippen MR) is 65.2 cm³/mol. The van der Waals surface area contributed by atoms with Gasteiger partial charge >= 0.3 is 11.9 Å². The second-order valence-electron chi connectivity index (χ2n) is 3.70. The Labute approximate surface area is 110 Å². The van der Waals surface area contributed by atoms with Gasteiger partial charge in [0, 0.05) is 0 Å². The molecule has 0 aliphatic heterocycles. The number of sulfonamides is 1. The Kier molecular flexibility index (Phi) is 4.62. The number of carbonyl (C=O) groups is 2. The Morgan fingerprint density at radius 2 is 2.00 bits per heavy atom. The van der Waals surface area contributed by atoms with E-state index in [1.54, 1.807) is 0 Å². The van der Waals surface area contributed by atoms with Crippen LogP contribution in [0.2, 0.25) is 0 Å². The molecule has 1 rings (SSSR count). The topological polar surface area (TPSA) is 110 Å². The third-order valence-corrected chi connectivity index (χ3v) is 3.81. The summed E-state index contributed by atoms with van der Waals surface area (Å²) in [6.45, 7) is 1.20. The standard InChI is InChI=1S/C11H13NO6S/c1-7(10(13)14)12-19(16,17)9-5-3-4-8(6-9)11(15)18-2/h3-7,12H,1-2H3,(H,13,14)/t7-/m1/s1. The minimum Gasteiger partial charge on any atom is -0.480 e. The van der Waals surface area contributed by atoms with Crippen molar-refractivity contribution in [3.8, 4) is 0 Å². The maximum Gasteiger partial charge on any atom is 0.337 e. The summed E-state index contributed by atoms with van der Waals surface area (Å²) < 4.78 is 30.2. The molecular formula is C11H13NO6S. The predicted octanol–water partition coefficient (Wildman–Crippen LogP) is 0.225. The summed E-state index contributed by atoms with van der Waals surface area (Å²) in [5.41, 5.74) is 0.0633. The van der Waals surface area contributed by atoms with E-state index in [9.17, 15) is 18.0 Å². The first-order valence-electron chi connectivity index (χ1n) is 5.21. The first-order chi connectivity index (χ1) is 8.77. The lowest BCUT2D eigenvalue weighted by Crippen LogP contribution is -2.38. The van der Waals surface area contributed by atoms with Crippen molar-refractivity contribution in [2.24, 2.45) is 0 Å². The first-order valence-corrected chi connectivity index (χ1v) is 6.70. The number of ether oxygens (including phenoxy) is 1. The van der Waals surface area contributed by atoms with Crippen molar-refractivity contribution < 1.29 is 27.9 Å². The highest BCUT2D eigenvalue weighted by atomic mass is 32.2. The van der Waals surface area contributed by atoms with Gasteiger partial charge in [-0.15, -0.1) is 0 Å². The highest BCUT2D eigenvalue weighted by molar-refractivity contribution is 7.89. The van der Waals surface area contributed by atoms with Crippen molar-refractivity contribution in [2.75, 3.05) is 7.11 Å². The molecular weight excluding hydrogens is 274 g/mol. The number of nitrogens with one attached hydrogen (secondary N) is 1. The molecule has 0 fully saturated rings. The highest BCUT2D eigenvalue weighted by Gasteiger charge is 2.22. The number of carbonyl (C=O) groups excluding carboxylic acids is 1. The van der Waals surface area contributed by atoms with Crippen molar-refractivity contribution in [1.82, 2.24) is 4.72 Å². The molecule has 19 heavy (non-hydrogen) atoms. The molecule has 1 aromatic carbocycles. The summed E-state index contributed by atoms with van der Waals surface area (Å²) in [5, 5.41) is 8.67.